The summed E-state index contributed by atoms with van der Waals surface area (Å²) < 4.78 is 5.42. The number of ether oxygens (including phenoxy) is 1. The Bertz CT molecular complexity index is 315. The van der Waals surface area contributed by atoms with Crippen molar-refractivity contribution in [1.29, 1.82) is 0 Å². The minimum absolute atomic E-state index is 0.0489. The Morgan fingerprint density at radius 2 is 2.12 bits per heavy atom. The van der Waals surface area contributed by atoms with Gasteiger partial charge >= 0.3 is 0 Å². The minimum atomic E-state index is 0.0489. The molecule has 3 heteroatoms. The number of aromatic nitrogens is 1. The molecule has 0 amide bonds. The van der Waals surface area contributed by atoms with Gasteiger partial charge in [0.1, 0.15) is 5.75 Å². The van der Waals surface area contributed by atoms with Crippen LogP contribution in [0.2, 0.25) is 0 Å². The summed E-state index contributed by atoms with van der Waals surface area (Å²) in [6.45, 7) is 6.98. The zero-order valence-electron chi connectivity index (χ0n) is 10.4. The molecule has 2 atom stereocenters. The smallest absolute Gasteiger partial charge is 0.137 e. The van der Waals surface area contributed by atoms with Gasteiger partial charge in [-0.05, 0) is 30.9 Å². The maximum absolute atomic E-state index is 6.19. The number of rotatable bonds is 6. The van der Waals surface area contributed by atoms with Gasteiger partial charge in [0.2, 0.25) is 0 Å². The molecule has 0 bridgehead atoms. The minimum Gasteiger partial charge on any atom is -0.492 e. The van der Waals surface area contributed by atoms with Gasteiger partial charge in [-0.1, -0.05) is 20.3 Å². The van der Waals surface area contributed by atoms with Crippen LogP contribution in [0.15, 0.2) is 18.5 Å². The van der Waals surface area contributed by atoms with Gasteiger partial charge in [0.05, 0.1) is 12.8 Å². The maximum atomic E-state index is 6.19. The third-order valence-corrected chi connectivity index (χ3v) is 2.79. The molecule has 0 aliphatic rings. The molecule has 1 rings (SSSR count). The Balaban J connectivity index is 2.74. The lowest BCUT2D eigenvalue weighted by molar-refractivity contribution is 0.337. The van der Waals surface area contributed by atoms with E-state index in [0.29, 0.717) is 12.5 Å². The Morgan fingerprint density at radius 3 is 2.75 bits per heavy atom. The molecule has 0 saturated heterocycles. The second kappa shape index (κ2) is 6.48. The second-order valence-electron chi connectivity index (χ2n) is 4.18. The molecule has 90 valence electrons. The van der Waals surface area contributed by atoms with E-state index in [0.717, 1.165) is 24.2 Å². The third-order valence-electron chi connectivity index (χ3n) is 2.79. The summed E-state index contributed by atoms with van der Waals surface area (Å²) in [6, 6.07) is 2.04. The second-order valence-corrected chi connectivity index (χ2v) is 4.18. The highest BCUT2D eigenvalue weighted by molar-refractivity contribution is 5.26. The van der Waals surface area contributed by atoms with E-state index in [1.165, 1.54) is 0 Å². The number of hydrogen-bond acceptors (Lipinski definition) is 3. The Hall–Kier alpha value is -1.09. The topological polar surface area (TPSA) is 48.1 Å². The molecule has 2 N–H and O–H groups in total. The van der Waals surface area contributed by atoms with Crippen LogP contribution in [0.4, 0.5) is 0 Å². The molecule has 1 aromatic rings. The molecule has 0 aromatic carbocycles. The zero-order valence-corrected chi connectivity index (χ0v) is 10.4. The van der Waals surface area contributed by atoms with Gasteiger partial charge in [-0.2, -0.15) is 0 Å². The molecule has 0 aliphatic carbocycles. The van der Waals surface area contributed by atoms with E-state index in [4.69, 9.17) is 10.5 Å². The first-order valence-electron chi connectivity index (χ1n) is 6.02. The van der Waals surface area contributed by atoms with Crippen LogP contribution in [0.3, 0.4) is 0 Å². The van der Waals surface area contributed by atoms with Crippen molar-refractivity contribution < 1.29 is 4.74 Å². The van der Waals surface area contributed by atoms with Crippen molar-refractivity contribution in [3.8, 4) is 5.75 Å². The Kier molecular flexibility index (Phi) is 5.26. The van der Waals surface area contributed by atoms with E-state index in [1.54, 1.807) is 6.20 Å². The lowest BCUT2D eigenvalue weighted by Gasteiger charge is -2.19. The summed E-state index contributed by atoms with van der Waals surface area (Å²) >= 11 is 0. The highest BCUT2D eigenvalue weighted by Gasteiger charge is 2.14. The molecule has 0 spiro atoms. The average molecular weight is 222 g/mol. The van der Waals surface area contributed by atoms with Gasteiger partial charge in [0, 0.05) is 12.2 Å². The first kappa shape index (κ1) is 13.0. The van der Waals surface area contributed by atoms with Crippen molar-refractivity contribution >= 4 is 0 Å². The SMILES string of the molecule is CCCC(C)C(N)c1cncc(OCC)c1. The van der Waals surface area contributed by atoms with Crippen LogP contribution in [0.25, 0.3) is 0 Å². The van der Waals surface area contributed by atoms with Crippen LogP contribution in [-0.2, 0) is 0 Å². The lowest BCUT2D eigenvalue weighted by atomic mass is 9.93. The first-order valence-corrected chi connectivity index (χ1v) is 6.02. The average Bonchev–Trinajstić information content (AvgIpc) is 2.29. The molecule has 2 unspecified atom stereocenters. The fraction of sp³-hybridized carbons (Fsp3) is 0.615. The van der Waals surface area contributed by atoms with E-state index in [1.807, 2.05) is 19.2 Å². The first-order chi connectivity index (χ1) is 7.69. The summed E-state index contributed by atoms with van der Waals surface area (Å²) in [6.07, 6.45) is 5.86. The fourth-order valence-corrected chi connectivity index (χ4v) is 1.83. The molecule has 0 saturated carbocycles. The van der Waals surface area contributed by atoms with E-state index in [2.05, 4.69) is 18.8 Å². The molecular weight excluding hydrogens is 200 g/mol. The largest absolute Gasteiger partial charge is 0.492 e. The van der Waals surface area contributed by atoms with Crippen LogP contribution in [0.1, 0.15) is 45.2 Å². The number of pyridine rings is 1. The third kappa shape index (κ3) is 3.49. The zero-order chi connectivity index (χ0) is 12.0. The molecule has 0 aliphatic heterocycles. The summed E-state index contributed by atoms with van der Waals surface area (Å²) in [4.78, 5) is 4.16. The number of hydrogen-bond donors (Lipinski definition) is 1. The molecule has 16 heavy (non-hydrogen) atoms. The highest BCUT2D eigenvalue weighted by Crippen LogP contribution is 2.24. The molecule has 1 heterocycles. The summed E-state index contributed by atoms with van der Waals surface area (Å²) in [5.41, 5.74) is 7.26. The van der Waals surface area contributed by atoms with E-state index in [9.17, 15) is 0 Å². The van der Waals surface area contributed by atoms with Gasteiger partial charge in [-0.25, -0.2) is 0 Å². The van der Waals surface area contributed by atoms with Crippen LogP contribution >= 0.6 is 0 Å². The van der Waals surface area contributed by atoms with Crippen LogP contribution in [0.5, 0.6) is 5.75 Å². The standard InChI is InChI=1S/C13H22N2O/c1-4-6-10(3)13(14)11-7-12(16-5-2)9-15-8-11/h7-10,13H,4-6,14H2,1-3H3. The number of nitrogens with zero attached hydrogens (tertiary/aromatic N) is 1. The van der Waals surface area contributed by atoms with E-state index >= 15 is 0 Å². The maximum Gasteiger partial charge on any atom is 0.137 e. The predicted octanol–water partition coefficient (Wildman–Crippen LogP) is 2.92. The molecule has 3 nitrogen and oxygen atoms in total. The quantitative estimate of drug-likeness (QED) is 0.805. The van der Waals surface area contributed by atoms with Crippen molar-refractivity contribution in [2.45, 2.75) is 39.7 Å². The van der Waals surface area contributed by atoms with Crippen LogP contribution in [-0.4, -0.2) is 11.6 Å². The van der Waals surface area contributed by atoms with E-state index < -0.39 is 0 Å². The summed E-state index contributed by atoms with van der Waals surface area (Å²) in [5.74, 6) is 1.28. The molecular formula is C13H22N2O. The molecule has 1 aromatic heterocycles. The highest BCUT2D eigenvalue weighted by atomic mass is 16.5. The van der Waals surface area contributed by atoms with Crippen LogP contribution < -0.4 is 10.5 Å². The number of nitrogens with two attached hydrogens (primary N) is 1. The summed E-state index contributed by atoms with van der Waals surface area (Å²) in [7, 11) is 0. The van der Waals surface area contributed by atoms with Gasteiger partial charge in [0.25, 0.3) is 0 Å². The van der Waals surface area contributed by atoms with Crippen molar-refractivity contribution in [3.05, 3.63) is 24.0 Å². The Labute approximate surface area is 98.0 Å². The molecule has 0 radical (unpaired) electrons. The van der Waals surface area contributed by atoms with Crippen molar-refractivity contribution in [3.63, 3.8) is 0 Å². The Morgan fingerprint density at radius 1 is 1.38 bits per heavy atom. The fourth-order valence-electron chi connectivity index (χ4n) is 1.83. The normalized spacial score (nSPS) is 14.5. The van der Waals surface area contributed by atoms with Crippen LogP contribution in [0, 0.1) is 5.92 Å². The summed E-state index contributed by atoms with van der Waals surface area (Å²) in [5, 5.41) is 0. The van der Waals surface area contributed by atoms with Gasteiger partial charge in [-0.3, -0.25) is 4.98 Å². The van der Waals surface area contributed by atoms with Gasteiger partial charge < -0.3 is 10.5 Å². The van der Waals surface area contributed by atoms with Crippen molar-refractivity contribution in [1.82, 2.24) is 4.98 Å². The van der Waals surface area contributed by atoms with Gasteiger partial charge in [0.15, 0.2) is 0 Å². The lowest BCUT2D eigenvalue weighted by Crippen LogP contribution is -2.19. The predicted molar refractivity (Wildman–Crippen MR) is 66.4 cm³/mol. The van der Waals surface area contributed by atoms with Crippen molar-refractivity contribution in [2.75, 3.05) is 6.61 Å². The van der Waals surface area contributed by atoms with Crippen molar-refractivity contribution in [2.24, 2.45) is 11.7 Å². The van der Waals surface area contributed by atoms with E-state index in [-0.39, 0.29) is 6.04 Å². The molecule has 0 fully saturated rings. The van der Waals surface area contributed by atoms with Gasteiger partial charge in [-0.15, -0.1) is 0 Å². The monoisotopic (exact) mass is 222 g/mol.